The van der Waals surface area contributed by atoms with Crippen molar-refractivity contribution >= 4 is 11.9 Å². The lowest BCUT2D eigenvalue weighted by molar-refractivity contribution is -0.394. The van der Waals surface area contributed by atoms with Crippen LogP contribution in [0.5, 0.6) is 0 Å². The third-order valence-corrected chi connectivity index (χ3v) is 2.22. The molecule has 1 aromatic carbocycles. The van der Waals surface area contributed by atoms with E-state index in [0.29, 0.717) is 0 Å². The molecule has 0 bridgehead atoms. The summed E-state index contributed by atoms with van der Waals surface area (Å²) in [6.45, 7) is 7.65. The minimum atomic E-state index is -0.764. The van der Waals surface area contributed by atoms with E-state index in [4.69, 9.17) is 0 Å². The van der Waals surface area contributed by atoms with Gasteiger partial charge in [0.1, 0.15) is 0 Å². The van der Waals surface area contributed by atoms with Crippen molar-refractivity contribution in [2.24, 2.45) is 0 Å². The molecule has 7 heteroatoms. The van der Waals surface area contributed by atoms with Gasteiger partial charge in [0.25, 0.3) is 5.91 Å². The van der Waals surface area contributed by atoms with Gasteiger partial charge in [0.2, 0.25) is 6.33 Å². The zero-order valence-electron chi connectivity index (χ0n) is 13.4. The maximum Gasteiger partial charge on any atom is 0.491 e. The molecule has 0 amide bonds. The predicted octanol–water partition coefficient (Wildman–Crippen LogP) is 3.51. The molecule has 0 N–H and O–H groups in total. The first-order chi connectivity index (χ1) is 10.5. The molecule has 0 spiro atoms. The molecule has 1 heterocycles. The normalized spacial score (nSPS) is 8.91. The van der Waals surface area contributed by atoms with Gasteiger partial charge in [0, 0.05) is 12.0 Å². The lowest BCUT2D eigenvalue weighted by atomic mass is 10.2. The highest BCUT2D eigenvalue weighted by Crippen LogP contribution is 1.98. The maximum atomic E-state index is 10.5. The number of hydrogen-bond donors (Lipinski definition) is 0. The van der Waals surface area contributed by atoms with Gasteiger partial charge < -0.3 is 10.1 Å². The van der Waals surface area contributed by atoms with Crippen molar-refractivity contribution in [1.82, 2.24) is 14.8 Å². The molecule has 0 aliphatic carbocycles. The van der Waals surface area contributed by atoms with Crippen LogP contribution >= 0.6 is 0 Å². The molecule has 2 aromatic rings. The molecule has 0 saturated heterocycles. The van der Waals surface area contributed by atoms with Crippen LogP contribution in [0.2, 0.25) is 0 Å². The second-order valence-corrected chi connectivity index (χ2v) is 4.31. The van der Waals surface area contributed by atoms with E-state index in [1.165, 1.54) is 18.9 Å². The van der Waals surface area contributed by atoms with Crippen molar-refractivity contribution < 1.29 is 9.72 Å². The van der Waals surface area contributed by atoms with Crippen LogP contribution in [0, 0.1) is 10.1 Å². The number of aryl methyl sites for hydroxylation is 1. The Balaban J connectivity index is 0.000000352. The van der Waals surface area contributed by atoms with Gasteiger partial charge in [0.05, 0.1) is 0 Å². The Labute approximate surface area is 130 Å². The average Bonchev–Trinajstić information content (AvgIpc) is 3.00. The van der Waals surface area contributed by atoms with Crippen LogP contribution < -0.4 is 0 Å². The second kappa shape index (κ2) is 11.1. The van der Waals surface area contributed by atoms with Crippen molar-refractivity contribution in [1.29, 1.82) is 0 Å². The minimum Gasteiger partial charge on any atom is -0.390 e. The van der Waals surface area contributed by atoms with Crippen LogP contribution in [-0.4, -0.2) is 25.6 Å². The fraction of sp³-hybridized carbons (Fsp3) is 0.400. The van der Waals surface area contributed by atoms with Crippen molar-refractivity contribution in [2.75, 3.05) is 0 Å². The first kappa shape index (κ1) is 19.4. The molecule has 0 fully saturated rings. The predicted molar refractivity (Wildman–Crippen MR) is 84.8 cm³/mol. The van der Waals surface area contributed by atoms with Crippen molar-refractivity contribution in [3.8, 4) is 0 Å². The first-order valence-electron chi connectivity index (χ1n) is 7.07. The van der Waals surface area contributed by atoms with E-state index in [-0.39, 0.29) is 0 Å². The zero-order valence-corrected chi connectivity index (χ0v) is 13.4. The Bertz CT molecular complexity index is 539. The largest absolute Gasteiger partial charge is 0.491 e. The van der Waals surface area contributed by atoms with Crippen LogP contribution in [0.3, 0.4) is 0 Å². The third-order valence-electron chi connectivity index (χ3n) is 2.22. The van der Waals surface area contributed by atoms with Crippen molar-refractivity contribution in [3.05, 3.63) is 52.3 Å². The quantitative estimate of drug-likeness (QED) is 0.625. The van der Waals surface area contributed by atoms with Crippen LogP contribution in [0.25, 0.3) is 0 Å². The Hall–Kier alpha value is -2.57. The van der Waals surface area contributed by atoms with Gasteiger partial charge in [-0.05, 0) is 16.9 Å². The summed E-state index contributed by atoms with van der Waals surface area (Å²) in [5, 5.41) is 13.3. The standard InChI is InChI=1S/C8H10.C4H4N4O3.C3H8/c1-2-8-6-4-3-5-7-8;1-3(9)7-2-5-4(6-7)8(10)11;1-3-2/h3-7H,2H2,1H3;2H,1H3;3H2,1-2H3. The van der Waals surface area contributed by atoms with E-state index >= 15 is 0 Å². The zero-order chi connectivity index (χ0) is 17.0. The van der Waals surface area contributed by atoms with Crippen LogP contribution in [0.15, 0.2) is 36.7 Å². The van der Waals surface area contributed by atoms with Gasteiger partial charge in [0.15, 0.2) is 0 Å². The first-order valence-corrected chi connectivity index (χ1v) is 7.07. The fourth-order valence-electron chi connectivity index (χ4n) is 1.20. The highest BCUT2D eigenvalue weighted by Gasteiger charge is 2.14. The summed E-state index contributed by atoms with van der Waals surface area (Å²) in [4.78, 5) is 23.0. The number of nitrogens with zero attached hydrogens (tertiary/aromatic N) is 4. The van der Waals surface area contributed by atoms with E-state index in [9.17, 15) is 14.9 Å². The van der Waals surface area contributed by atoms with Gasteiger partial charge in [-0.3, -0.25) is 4.79 Å². The topological polar surface area (TPSA) is 90.9 Å². The summed E-state index contributed by atoms with van der Waals surface area (Å²) in [5.41, 5.74) is 1.41. The summed E-state index contributed by atoms with van der Waals surface area (Å²) in [5.74, 6) is -0.981. The Morgan fingerprint density at radius 3 is 2.05 bits per heavy atom. The lowest BCUT2D eigenvalue weighted by Gasteiger charge is -1.89. The van der Waals surface area contributed by atoms with Gasteiger partial charge in [-0.25, -0.2) is 0 Å². The average molecular weight is 306 g/mol. The summed E-state index contributed by atoms with van der Waals surface area (Å²) < 4.78 is 0.804. The molecule has 0 atom stereocenters. The van der Waals surface area contributed by atoms with E-state index in [0.717, 1.165) is 17.4 Å². The molecule has 120 valence electrons. The molecule has 0 aliphatic heterocycles. The monoisotopic (exact) mass is 306 g/mol. The molecule has 7 nitrogen and oxygen atoms in total. The Morgan fingerprint density at radius 2 is 1.77 bits per heavy atom. The van der Waals surface area contributed by atoms with Gasteiger partial charge in [-0.15, -0.1) is 4.68 Å². The molecule has 0 unspecified atom stereocenters. The number of carbonyl (C=O) groups excluding carboxylic acids is 1. The highest BCUT2D eigenvalue weighted by atomic mass is 16.6. The third kappa shape index (κ3) is 7.88. The second-order valence-electron chi connectivity index (χ2n) is 4.31. The Kier molecular flexibility index (Phi) is 9.83. The SMILES string of the molecule is CC(=O)n1cnc([N+](=O)[O-])n1.CCC.CCc1ccccc1. The van der Waals surface area contributed by atoms with Gasteiger partial charge in [-0.2, -0.15) is 0 Å². The number of benzene rings is 1. The van der Waals surface area contributed by atoms with Crippen LogP contribution in [0.1, 0.15) is 44.5 Å². The number of nitro groups is 1. The molecule has 1 aromatic heterocycles. The molecule has 0 aliphatic rings. The number of carbonyl (C=O) groups is 1. The van der Waals surface area contributed by atoms with Gasteiger partial charge in [-0.1, -0.05) is 62.5 Å². The summed E-state index contributed by atoms with van der Waals surface area (Å²) in [6.07, 6.45) is 3.39. The van der Waals surface area contributed by atoms with E-state index < -0.39 is 16.8 Å². The van der Waals surface area contributed by atoms with Crippen LogP contribution in [0.4, 0.5) is 5.95 Å². The van der Waals surface area contributed by atoms with Crippen molar-refractivity contribution in [3.63, 3.8) is 0 Å². The minimum absolute atomic E-state index is 0.411. The number of hydrogen-bond acceptors (Lipinski definition) is 5. The van der Waals surface area contributed by atoms with E-state index in [2.05, 4.69) is 55.1 Å². The van der Waals surface area contributed by atoms with Crippen molar-refractivity contribution in [2.45, 2.75) is 40.5 Å². The summed E-state index contributed by atoms with van der Waals surface area (Å²) in [7, 11) is 0. The summed E-state index contributed by atoms with van der Waals surface area (Å²) in [6, 6.07) is 10.5. The maximum absolute atomic E-state index is 10.5. The van der Waals surface area contributed by atoms with Crippen LogP contribution in [-0.2, 0) is 6.42 Å². The molecular formula is C15H22N4O3. The highest BCUT2D eigenvalue weighted by molar-refractivity contribution is 5.74. The number of aromatic nitrogens is 3. The Morgan fingerprint density at radius 1 is 1.23 bits per heavy atom. The van der Waals surface area contributed by atoms with E-state index in [1.807, 2.05) is 6.07 Å². The molecular weight excluding hydrogens is 284 g/mol. The lowest BCUT2D eigenvalue weighted by Crippen LogP contribution is -2.06. The molecule has 2 rings (SSSR count). The fourth-order valence-corrected chi connectivity index (χ4v) is 1.20. The molecule has 0 saturated carbocycles. The molecule has 0 radical (unpaired) electrons. The van der Waals surface area contributed by atoms with E-state index in [1.54, 1.807) is 0 Å². The van der Waals surface area contributed by atoms with Gasteiger partial charge >= 0.3 is 5.95 Å². The smallest absolute Gasteiger partial charge is 0.390 e. The number of rotatable bonds is 2. The molecule has 22 heavy (non-hydrogen) atoms. The summed E-state index contributed by atoms with van der Waals surface area (Å²) >= 11 is 0.